The Labute approximate surface area is 95.8 Å². The molecule has 0 bridgehead atoms. The highest BCUT2D eigenvalue weighted by atomic mass is 16.1. The predicted molar refractivity (Wildman–Crippen MR) is 62.3 cm³/mol. The van der Waals surface area contributed by atoms with Crippen LogP contribution in [-0.4, -0.2) is 22.6 Å². The summed E-state index contributed by atoms with van der Waals surface area (Å²) in [5.41, 5.74) is 1.48. The molecule has 1 aliphatic carbocycles. The molecule has 0 aliphatic heterocycles. The minimum absolute atomic E-state index is 0.00201. The molecule has 0 aromatic carbocycles. The van der Waals surface area contributed by atoms with E-state index in [1.165, 1.54) is 12.8 Å². The highest BCUT2D eigenvalue weighted by molar-refractivity contribution is 5.92. The zero-order chi connectivity index (χ0) is 11.8. The van der Waals surface area contributed by atoms with Gasteiger partial charge in [-0.3, -0.25) is 9.89 Å². The maximum absolute atomic E-state index is 11.7. The van der Waals surface area contributed by atoms with Gasteiger partial charge in [0.1, 0.15) is 5.69 Å². The lowest BCUT2D eigenvalue weighted by Gasteiger charge is -2.14. The summed E-state index contributed by atoms with van der Waals surface area (Å²) in [5.74, 6) is 0.628. The maximum atomic E-state index is 11.7. The number of amides is 1. The van der Waals surface area contributed by atoms with Gasteiger partial charge in [0.25, 0.3) is 5.91 Å². The lowest BCUT2D eigenvalue weighted by atomic mass is 9.92. The minimum Gasteiger partial charge on any atom is -0.350 e. The van der Waals surface area contributed by atoms with Gasteiger partial charge in [-0.25, -0.2) is 0 Å². The fourth-order valence-corrected chi connectivity index (χ4v) is 1.47. The number of H-pyrrole nitrogens is 1. The Balaban J connectivity index is 1.97. The first-order valence-corrected chi connectivity index (χ1v) is 5.81. The third-order valence-corrected chi connectivity index (χ3v) is 2.87. The molecule has 0 unspecified atom stereocenters. The van der Waals surface area contributed by atoms with E-state index in [0.29, 0.717) is 11.6 Å². The second-order valence-corrected chi connectivity index (χ2v) is 5.57. The lowest BCUT2D eigenvalue weighted by Crippen LogP contribution is -2.25. The second-order valence-electron chi connectivity index (χ2n) is 5.57. The van der Waals surface area contributed by atoms with Crippen LogP contribution in [0.1, 0.15) is 49.8 Å². The monoisotopic (exact) mass is 221 g/mol. The van der Waals surface area contributed by atoms with Crippen LogP contribution in [0.3, 0.4) is 0 Å². The van der Waals surface area contributed by atoms with Gasteiger partial charge in [0.05, 0.1) is 0 Å². The van der Waals surface area contributed by atoms with E-state index in [4.69, 9.17) is 0 Å². The van der Waals surface area contributed by atoms with Crippen molar-refractivity contribution in [2.75, 3.05) is 6.54 Å². The van der Waals surface area contributed by atoms with Crippen LogP contribution in [0.25, 0.3) is 0 Å². The van der Waals surface area contributed by atoms with Crippen LogP contribution in [0.15, 0.2) is 6.07 Å². The number of aromatic nitrogens is 2. The van der Waals surface area contributed by atoms with Crippen LogP contribution in [0.2, 0.25) is 0 Å². The molecule has 1 heterocycles. The molecule has 16 heavy (non-hydrogen) atoms. The van der Waals surface area contributed by atoms with E-state index < -0.39 is 0 Å². The van der Waals surface area contributed by atoms with Crippen LogP contribution in [0, 0.1) is 5.92 Å². The smallest absolute Gasteiger partial charge is 0.271 e. The summed E-state index contributed by atoms with van der Waals surface area (Å²) in [6, 6.07) is 1.84. The Hall–Kier alpha value is -1.32. The van der Waals surface area contributed by atoms with Gasteiger partial charge >= 0.3 is 0 Å². The lowest BCUT2D eigenvalue weighted by molar-refractivity contribution is 0.0947. The van der Waals surface area contributed by atoms with Crippen molar-refractivity contribution in [2.45, 2.75) is 39.0 Å². The Morgan fingerprint density at radius 2 is 2.25 bits per heavy atom. The van der Waals surface area contributed by atoms with E-state index >= 15 is 0 Å². The van der Waals surface area contributed by atoms with E-state index in [-0.39, 0.29) is 11.3 Å². The topological polar surface area (TPSA) is 57.8 Å². The van der Waals surface area contributed by atoms with Crippen molar-refractivity contribution in [3.05, 3.63) is 17.5 Å². The van der Waals surface area contributed by atoms with Crippen LogP contribution in [-0.2, 0) is 5.41 Å². The molecule has 0 radical (unpaired) electrons. The standard InChI is InChI=1S/C12H19N3O/c1-12(2,3)10-6-9(14-15-10)11(16)13-7-8-4-5-8/h6,8H,4-5,7H2,1-3H3,(H,13,16)(H,14,15). The number of hydrogen-bond donors (Lipinski definition) is 2. The van der Waals surface area contributed by atoms with E-state index in [2.05, 4.69) is 36.3 Å². The van der Waals surface area contributed by atoms with Crippen LogP contribution in [0.4, 0.5) is 0 Å². The highest BCUT2D eigenvalue weighted by Gasteiger charge is 2.23. The Bertz CT molecular complexity index is 385. The van der Waals surface area contributed by atoms with Gasteiger partial charge in [0.15, 0.2) is 0 Å². The quantitative estimate of drug-likeness (QED) is 0.818. The first-order valence-electron chi connectivity index (χ1n) is 5.81. The number of carbonyl (C=O) groups is 1. The number of rotatable bonds is 3. The van der Waals surface area contributed by atoms with Gasteiger partial charge in [-0.15, -0.1) is 0 Å². The molecule has 4 nitrogen and oxygen atoms in total. The molecule has 1 aromatic rings. The fourth-order valence-electron chi connectivity index (χ4n) is 1.47. The number of aromatic amines is 1. The molecular weight excluding hydrogens is 202 g/mol. The van der Waals surface area contributed by atoms with Crippen molar-refractivity contribution in [2.24, 2.45) is 5.92 Å². The molecule has 1 fully saturated rings. The molecule has 0 saturated heterocycles. The SMILES string of the molecule is CC(C)(C)c1cc(C(=O)NCC2CC2)n[nH]1. The van der Waals surface area contributed by atoms with Crippen molar-refractivity contribution in [1.29, 1.82) is 0 Å². The van der Waals surface area contributed by atoms with Crippen molar-refractivity contribution in [1.82, 2.24) is 15.5 Å². The molecule has 4 heteroatoms. The number of nitrogens with zero attached hydrogens (tertiary/aromatic N) is 1. The molecule has 2 rings (SSSR count). The molecule has 0 spiro atoms. The Kier molecular flexibility index (Phi) is 2.74. The third kappa shape index (κ3) is 2.62. The average Bonchev–Trinajstić information content (AvgIpc) is 2.86. The van der Waals surface area contributed by atoms with Crippen molar-refractivity contribution in [3.8, 4) is 0 Å². The highest BCUT2D eigenvalue weighted by Crippen LogP contribution is 2.27. The Morgan fingerprint density at radius 3 is 2.75 bits per heavy atom. The first kappa shape index (κ1) is 11.2. The average molecular weight is 221 g/mol. The van der Waals surface area contributed by atoms with E-state index in [9.17, 15) is 4.79 Å². The van der Waals surface area contributed by atoms with Crippen molar-refractivity contribution in [3.63, 3.8) is 0 Å². The summed E-state index contributed by atoms with van der Waals surface area (Å²) in [6.07, 6.45) is 2.49. The van der Waals surface area contributed by atoms with Crippen molar-refractivity contribution < 1.29 is 4.79 Å². The van der Waals surface area contributed by atoms with Gasteiger partial charge in [0, 0.05) is 17.7 Å². The maximum Gasteiger partial charge on any atom is 0.271 e. The number of hydrogen-bond acceptors (Lipinski definition) is 2. The number of nitrogens with one attached hydrogen (secondary N) is 2. The summed E-state index contributed by atoms with van der Waals surface area (Å²) in [7, 11) is 0. The van der Waals surface area contributed by atoms with Gasteiger partial charge < -0.3 is 5.32 Å². The predicted octanol–water partition coefficient (Wildman–Crippen LogP) is 1.85. The molecule has 1 amide bonds. The molecule has 1 saturated carbocycles. The molecule has 1 aliphatic rings. The molecule has 1 aromatic heterocycles. The van der Waals surface area contributed by atoms with Crippen LogP contribution in [0.5, 0.6) is 0 Å². The molecular formula is C12H19N3O. The van der Waals surface area contributed by atoms with Crippen LogP contribution >= 0.6 is 0 Å². The van der Waals surface area contributed by atoms with Gasteiger partial charge in [0.2, 0.25) is 0 Å². The summed E-state index contributed by atoms with van der Waals surface area (Å²) < 4.78 is 0. The van der Waals surface area contributed by atoms with Gasteiger partial charge in [-0.05, 0) is 24.8 Å². The van der Waals surface area contributed by atoms with E-state index in [0.717, 1.165) is 12.2 Å². The molecule has 0 atom stereocenters. The summed E-state index contributed by atoms with van der Waals surface area (Å²) in [4.78, 5) is 11.7. The summed E-state index contributed by atoms with van der Waals surface area (Å²) in [6.45, 7) is 7.06. The largest absolute Gasteiger partial charge is 0.350 e. The second kappa shape index (κ2) is 3.92. The van der Waals surface area contributed by atoms with E-state index in [1.807, 2.05) is 6.07 Å². The van der Waals surface area contributed by atoms with Gasteiger partial charge in [-0.1, -0.05) is 20.8 Å². The zero-order valence-electron chi connectivity index (χ0n) is 10.1. The fraction of sp³-hybridized carbons (Fsp3) is 0.667. The van der Waals surface area contributed by atoms with Gasteiger partial charge in [-0.2, -0.15) is 5.10 Å². The Morgan fingerprint density at radius 1 is 1.56 bits per heavy atom. The van der Waals surface area contributed by atoms with E-state index in [1.54, 1.807) is 0 Å². The normalized spacial score (nSPS) is 16.2. The van der Waals surface area contributed by atoms with Crippen LogP contribution < -0.4 is 5.32 Å². The zero-order valence-corrected chi connectivity index (χ0v) is 10.1. The molecule has 88 valence electrons. The third-order valence-electron chi connectivity index (χ3n) is 2.87. The molecule has 2 N–H and O–H groups in total. The number of carbonyl (C=O) groups excluding carboxylic acids is 1. The van der Waals surface area contributed by atoms with Crippen molar-refractivity contribution >= 4 is 5.91 Å². The summed E-state index contributed by atoms with van der Waals surface area (Å²) >= 11 is 0. The summed E-state index contributed by atoms with van der Waals surface area (Å²) in [5, 5.41) is 9.87. The first-order chi connectivity index (χ1) is 7.47. The minimum atomic E-state index is -0.0707.